The highest BCUT2D eigenvalue weighted by Crippen LogP contribution is 2.50. The van der Waals surface area contributed by atoms with Crippen LogP contribution in [-0.2, 0) is 15.8 Å². The first-order valence-corrected chi connectivity index (χ1v) is 7.94. The molecule has 2 fully saturated rings. The van der Waals surface area contributed by atoms with Gasteiger partial charge in [-0.3, -0.25) is 9.59 Å². The van der Waals surface area contributed by atoms with Crippen LogP contribution in [0.4, 0.5) is 13.2 Å². The Hall–Kier alpha value is -2.05. The van der Waals surface area contributed by atoms with Gasteiger partial charge >= 0.3 is 12.1 Å². The van der Waals surface area contributed by atoms with Crippen molar-refractivity contribution in [3.63, 3.8) is 0 Å². The summed E-state index contributed by atoms with van der Waals surface area (Å²) in [6, 6.07) is 4.65. The standard InChI is InChI=1S/C17H18F3NO3/c18-17(19,20)12-5-2-1-4-11(12)13-6-3-9-21(13)14(22)10-16(7-8-16)15(23)24/h1-2,4-5,13H,3,6-10H2,(H,23,24). The van der Waals surface area contributed by atoms with Gasteiger partial charge in [0.1, 0.15) is 0 Å². The summed E-state index contributed by atoms with van der Waals surface area (Å²) >= 11 is 0. The first kappa shape index (κ1) is 16.8. The molecule has 0 radical (unpaired) electrons. The van der Waals surface area contributed by atoms with Crippen LogP contribution in [0.5, 0.6) is 0 Å². The Kier molecular flexibility index (Phi) is 4.05. The highest BCUT2D eigenvalue weighted by molar-refractivity contribution is 5.87. The van der Waals surface area contributed by atoms with Gasteiger partial charge in [0, 0.05) is 13.0 Å². The van der Waals surface area contributed by atoms with Crippen molar-refractivity contribution in [1.82, 2.24) is 4.90 Å². The number of hydrogen-bond donors (Lipinski definition) is 1. The van der Waals surface area contributed by atoms with Gasteiger partial charge in [-0.2, -0.15) is 13.2 Å². The van der Waals surface area contributed by atoms with Crippen molar-refractivity contribution in [2.24, 2.45) is 5.41 Å². The fraction of sp³-hybridized carbons (Fsp3) is 0.529. The Morgan fingerprint density at radius 1 is 1.25 bits per heavy atom. The van der Waals surface area contributed by atoms with Gasteiger partial charge in [0.2, 0.25) is 5.91 Å². The van der Waals surface area contributed by atoms with Crippen LogP contribution in [0.15, 0.2) is 24.3 Å². The summed E-state index contributed by atoms with van der Waals surface area (Å²) < 4.78 is 39.7. The lowest BCUT2D eigenvalue weighted by Crippen LogP contribution is -2.34. The molecule has 1 aromatic carbocycles. The second-order valence-electron chi connectivity index (χ2n) is 6.59. The van der Waals surface area contributed by atoms with E-state index >= 15 is 0 Å². The molecule has 2 aliphatic rings. The van der Waals surface area contributed by atoms with Crippen molar-refractivity contribution in [3.8, 4) is 0 Å². The predicted octanol–water partition coefficient (Wildman–Crippen LogP) is 3.62. The number of hydrogen-bond acceptors (Lipinski definition) is 2. The predicted molar refractivity (Wildman–Crippen MR) is 79.1 cm³/mol. The van der Waals surface area contributed by atoms with E-state index in [2.05, 4.69) is 0 Å². The van der Waals surface area contributed by atoms with Gasteiger partial charge < -0.3 is 10.0 Å². The van der Waals surface area contributed by atoms with Gasteiger partial charge in [-0.1, -0.05) is 18.2 Å². The molecule has 1 unspecified atom stereocenters. The molecule has 1 aliphatic heterocycles. The maximum absolute atomic E-state index is 13.2. The number of likely N-dealkylation sites (tertiary alicyclic amines) is 1. The first-order chi connectivity index (χ1) is 11.2. The minimum absolute atomic E-state index is 0.0935. The number of amides is 1. The van der Waals surface area contributed by atoms with E-state index in [0.717, 1.165) is 6.07 Å². The highest BCUT2D eigenvalue weighted by atomic mass is 19.4. The molecule has 130 valence electrons. The zero-order valence-corrected chi connectivity index (χ0v) is 13.0. The van der Waals surface area contributed by atoms with Gasteiger partial charge in [-0.05, 0) is 37.3 Å². The minimum atomic E-state index is -4.48. The molecule has 3 rings (SSSR count). The number of alkyl halides is 3. The SMILES string of the molecule is O=C(CC1(C(=O)O)CC1)N1CCCC1c1ccccc1C(F)(F)F. The van der Waals surface area contributed by atoms with E-state index < -0.39 is 29.2 Å². The number of halogens is 3. The smallest absolute Gasteiger partial charge is 0.416 e. The van der Waals surface area contributed by atoms with Crippen LogP contribution in [0.2, 0.25) is 0 Å². The van der Waals surface area contributed by atoms with Crippen LogP contribution < -0.4 is 0 Å². The van der Waals surface area contributed by atoms with Crippen molar-refractivity contribution < 1.29 is 27.9 Å². The van der Waals surface area contributed by atoms with Crippen molar-refractivity contribution in [3.05, 3.63) is 35.4 Å². The Balaban J connectivity index is 1.84. The quantitative estimate of drug-likeness (QED) is 0.910. The third kappa shape index (κ3) is 2.99. The van der Waals surface area contributed by atoms with Gasteiger partial charge in [0.25, 0.3) is 0 Å². The fourth-order valence-corrected chi connectivity index (χ4v) is 3.44. The summed E-state index contributed by atoms with van der Waals surface area (Å²) in [5.41, 5.74) is -1.64. The van der Waals surface area contributed by atoms with Crippen molar-refractivity contribution in [2.45, 2.75) is 44.3 Å². The number of aliphatic carboxylic acids is 1. The normalized spacial score (nSPS) is 22.5. The van der Waals surface area contributed by atoms with Crippen molar-refractivity contribution in [2.75, 3.05) is 6.54 Å². The van der Waals surface area contributed by atoms with E-state index in [4.69, 9.17) is 0 Å². The third-order valence-electron chi connectivity index (χ3n) is 5.00. The lowest BCUT2D eigenvalue weighted by molar-refractivity contribution is -0.148. The molecule has 0 aromatic heterocycles. The molecule has 1 atom stereocenters. The lowest BCUT2D eigenvalue weighted by Gasteiger charge is -2.28. The number of benzene rings is 1. The number of carbonyl (C=O) groups is 2. The van der Waals surface area contributed by atoms with Crippen LogP contribution in [0.25, 0.3) is 0 Å². The maximum atomic E-state index is 13.2. The number of carboxylic acid groups (broad SMARTS) is 1. The molecule has 0 spiro atoms. The van der Waals surface area contributed by atoms with Gasteiger partial charge in [0.05, 0.1) is 17.0 Å². The number of carboxylic acids is 1. The van der Waals surface area contributed by atoms with E-state index in [0.29, 0.717) is 32.2 Å². The summed E-state index contributed by atoms with van der Waals surface area (Å²) in [4.78, 5) is 25.2. The van der Waals surface area contributed by atoms with E-state index in [1.165, 1.54) is 23.1 Å². The van der Waals surface area contributed by atoms with Gasteiger partial charge in [-0.15, -0.1) is 0 Å². The van der Waals surface area contributed by atoms with E-state index in [1.54, 1.807) is 0 Å². The largest absolute Gasteiger partial charge is 0.481 e. The molecule has 7 heteroatoms. The van der Waals surface area contributed by atoms with Crippen molar-refractivity contribution >= 4 is 11.9 Å². The van der Waals surface area contributed by atoms with Crippen LogP contribution in [0, 0.1) is 5.41 Å². The molecule has 1 amide bonds. The van der Waals surface area contributed by atoms with E-state index in [-0.39, 0.29) is 17.9 Å². The average molecular weight is 341 g/mol. The first-order valence-electron chi connectivity index (χ1n) is 7.94. The van der Waals surface area contributed by atoms with E-state index in [1.807, 2.05) is 0 Å². The summed E-state index contributed by atoms with van der Waals surface area (Å²) in [6.07, 6.45) is -2.64. The number of carbonyl (C=O) groups excluding carboxylic acids is 1. The molecule has 1 saturated heterocycles. The highest BCUT2D eigenvalue weighted by Gasteiger charge is 2.52. The zero-order chi connectivity index (χ0) is 17.5. The second kappa shape index (κ2) is 5.79. The molecule has 24 heavy (non-hydrogen) atoms. The van der Waals surface area contributed by atoms with Gasteiger partial charge in [-0.25, -0.2) is 0 Å². The number of nitrogens with zero attached hydrogens (tertiary/aromatic N) is 1. The summed E-state index contributed by atoms with van der Waals surface area (Å²) in [7, 11) is 0. The molecule has 1 heterocycles. The van der Waals surface area contributed by atoms with Gasteiger partial charge in [0.15, 0.2) is 0 Å². The Bertz CT molecular complexity index is 667. The molecular formula is C17H18F3NO3. The monoisotopic (exact) mass is 341 g/mol. The molecular weight excluding hydrogens is 323 g/mol. The topological polar surface area (TPSA) is 57.6 Å². The number of rotatable bonds is 4. The molecule has 4 nitrogen and oxygen atoms in total. The second-order valence-corrected chi connectivity index (χ2v) is 6.59. The Morgan fingerprint density at radius 2 is 1.92 bits per heavy atom. The average Bonchev–Trinajstić information content (AvgIpc) is 3.13. The van der Waals surface area contributed by atoms with Crippen molar-refractivity contribution in [1.29, 1.82) is 0 Å². The summed E-state index contributed by atoms with van der Waals surface area (Å²) in [5, 5.41) is 9.21. The lowest BCUT2D eigenvalue weighted by atomic mass is 9.96. The molecule has 0 bridgehead atoms. The Labute approximate surface area is 137 Å². The Morgan fingerprint density at radius 3 is 2.50 bits per heavy atom. The maximum Gasteiger partial charge on any atom is 0.416 e. The van der Waals surface area contributed by atoms with Crippen LogP contribution in [0.3, 0.4) is 0 Å². The molecule has 1 aromatic rings. The molecule has 1 aliphatic carbocycles. The summed E-state index contributed by atoms with van der Waals surface area (Å²) in [5.74, 6) is -1.36. The zero-order valence-electron chi connectivity index (χ0n) is 13.0. The van der Waals surface area contributed by atoms with Crippen LogP contribution in [0.1, 0.15) is 49.3 Å². The molecule has 1 N–H and O–H groups in total. The summed E-state index contributed by atoms with van der Waals surface area (Å²) in [6.45, 7) is 0.366. The van der Waals surface area contributed by atoms with Crippen LogP contribution in [-0.4, -0.2) is 28.4 Å². The fourth-order valence-electron chi connectivity index (χ4n) is 3.44. The van der Waals surface area contributed by atoms with Crippen LogP contribution >= 0.6 is 0 Å². The minimum Gasteiger partial charge on any atom is -0.481 e. The third-order valence-corrected chi connectivity index (χ3v) is 5.00. The molecule has 1 saturated carbocycles. The van der Waals surface area contributed by atoms with E-state index in [9.17, 15) is 27.9 Å².